The molecule has 1 N–H and O–H groups in total. The van der Waals surface area contributed by atoms with Gasteiger partial charge in [0.05, 0.1) is 42.7 Å². The lowest BCUT2D eigenvalue weighted by atomic mass is 9.90. The van der Waals surface area contributed by atoms with Gasteiger partial charge in [0, 0.05) is 31.7 Å². The highest BCUT2D eigenvalue weighted by molar-refractivity contribution is 6.31. The first kappa shape index (κ1) is 36.5. The molecule has 0 radical (unpaired) electrons. The van der Waals surface area contributed by atoms with Crippen molar-refractivity contribution in [3.63, 3.8) is 0 Å². The molecule has 4 aromatic rings. The fraction of sp³-hybridized carbons (Fsp3) is 0.459. The minimum absolute atomic E-state index is 0.0599. The summed E-state index contributed by atoms with van der Waals surface area (Å²) in [6.07, 6.45) is -1.74. The molecule has 0 aliphatic carbocycles. The van der Waals surface area contributed by atoms with Gasteiger partial charge in [-0.05, 0) is 62.9 Å². The number of hydrogen-bond acceptors (Lipinski definition) is 7. The maximum atomic E-state index is 13.8. The Balaban J connectivity index is 1.14. The number of aromatic nitrogens is 3. The summed E-state index contributed by atoms with van der Waals surface area (Å²) in [5.74, 6) is -1.61. The van der Waals surface area contributed by atoms with E-state index >= 15 is 0 Å². The lowest BCUT2D eigenvalue weighted by molar-refractivity contribution is -0.137. The summed E-state index contributed by atoms with van der Waals surface area (Å²) >= 11 is 6.65. The number of alkyl halides is 2. The van der Waals surface area contributed by atoms with E-state index in [4.69, 9.17) is 21.1 Å². The van der Waals surface area contributed by atoms with E-state index in [9.17, 15) is 28.3 Å². The smallest absolute Gasteiger partial charge is 0.410 e. The molecule has 0 bridgehead atoms. The number of halogens is 3. The topological polar surface area (TPSA) is 119 Å². The van der Waals surface area contributed by atoms with Crippen LogP contribution in [0.1, 0.15) is 63.1 Å². The third-order valence-electron chi connectivity index (χ3n) is 9.47. The quantitative estimate of drug-likeness (QED) is 0.239. The van der Waals surface area contributed by atoms with Crippen molar-refractivity contribution in [1.29, 1.82) is 0 Å². The number of carbonyl (C=O) groups is 2. The average Bonchev–Trinajstić information content (AvgIpc) is 3.44. The molecular weight excluding hydrogens is 684 g/mol. The van der Waals surface area contributed by atoms with Gasteiger partial charge in [0.25, 0.3) is 5.56 Å². The zero-order chi connectivity index (χ0) is 36.5. The molecule has 2 aromatic heterocycles. The first-order chi connectivity index (χ1) is 24.2. The van der Waals surface area contributed by atoms with Gasteiger partial charge < -0.3 is 19.5 Å². The minimum atomic E-state index is -2.69. The highest BCUT2D eigenvalue weighted by Crippen LogP contribution is 2.32. The van der Waals surface area contributed by atoms with Crippen LogP contribution < -0.4 is 5.56 Å². The number of aliphatic hydroxyl groups is 1. The summed E-state index contributed by atoms with van der Waals surface area (Å²) in [6.45, 7) is 6.88. The van der Waals surface area contributed by atoms with Crippen molar-refractivity contribution in [2.75, 3.05) is 32.8 Å². The first-order valence-corrected chi connectivity index (χ1v) is 17.4. The molecule has 2 amide bonds. The number of nitrogens with zero attached hydrogens (tertiary/aromatic N) is 5. The number of piperidine rings is 1. The van der Waals surface area contributed by atoms with Crippen molar-refractivity contribution in [3.8, 4) is 5.69 Å². The molecule has 272 valence electrons. The van der Waals surface area contributed by atoms with Gasteiger partial charge in [-0.25, -0.2) is 18.6 Å². The van der Waals surface area contributed by atoms with Gasteiger partial charge >= 0.3 is 6.09 Å². The van der Waals surface area contributed by atoms with Crippen LogP contribution in [-0.2, 0) is 20.8 Å². The fourth-order valence-corrected chi connectivity index (χ4v) is 7.01. The fourth-order valence-electron chi connectivity index (χ4n) is 6.73. The largest absolute Gasteiger partial charge is 0.444 e. The Labute approximate surface area is 299 Å². The molecule has 0 saturated carbocycles. The molecule has 2 atom stereocenters. The SMILES string of the molecule is CC(C)(C)OC(=O)N1CCOC[C@@H]1c1ccc(-n2c(Cl)cc3c(=O)n(CC4(O)CCN(C(=O)C[C@H](c5ccccc5)C(F)F)CC4)cnc32)cc1. The molecule has 0 spiro atoms. The number of fused-ring (bicyclic) bond motifs is 1. The molecule has 2 aliphatic heterocycles. The number of rotatable bonds is 8. The third kappa shape index (κ3) is 8.10. The second kappa shape index (κ2) is 14.7. The van der Waals surface area contributed by atoms with Crippen LogP contribution in [0.5, 0.6) is 0 Å². The van der Waals surface area contributed by atoms with E-state index in [0.29, 0.717) is 36.7 Å². The number of amides is 2. The van der Waals surface area contributed by atoms with Crippen molar-refractivity contribution < 1.29 is 33.0 Å². The van der Waals surface area contributed by atoms with Gasteiger partial charge in [-0.2, -0.15) is 0 Å². The van der Waals surface area contributed by atoms with Crippen LogP contribution in [0.2, 0.25) is 5.15 Å². The first-order valence-electron chi connectivity index (χ1n) is 17.0. The third-order valence-corrected chi connectivity index (χ3v) is 9.75. The Morgan fingerprint density at radius 3 is 2.41 bits per heavy atom. The van der Waals surface area contributed by atoms with Gasteiger partial charge in [0.1, 0.15) is 17.1 Å². The van der Waals surface area contributed by atoms with Gasteiger partial charge in [-0.3, -0.25) is 23.6 Å². The Morgan fingerprint density at radius 1 is 1.08 bits per heavy atom. The van der Waals surface area contributed by atoms with Crippen molar-refractivity contribution in [2.24, 2.45) is 0 Å². The zero-order valence-electron chi connectivity index (χ0n) is 28.8. The molecule has 51 heavy (non-hydrogen) atoms. The summed E-state index contributed by atoms with van der Waals surface area (Å²) in [6, 6.07) is 16.9. The van der Waals surface area contributed by atoms with Crippen LogP contribution in [0, 0.1) is 0 Å². The Morgan fingerprint density at radius 2 is 1.76 bits per heavy atom. The molecule has 0 unspecified atom stereocenters. The van der Waals surface area contributed by atoms with E-state index in [2.05, 4.69) is 4.98 Å². The average molecular weight is 726 g/mol. The van der Waals surface area contributed by atoms with Crippen molar-refractivity contribution in [3.05, 3.63) is 93.6 Å². The number of likely N-dealkylation sites (tertiary alicyclic amines) is 1. The lowest BCUT2D eigenvalue weighted by Crippen LogP contribution is -2.50. The maximum Gasteiger partial charge on any atom is 0.410 e. The van der Waals surface area contributed by atoms with Crippen LogP contribution in [0.15, 0.2) is 71.8 Å². The number of morpholine rings is 1. The van der Waals surface area contributed by atoms with Crippen molar-refractivity contribution in [2.45, 2.75) is 76.2 Å². The summed E-state index contributed by atoms with van der Waals surface area (Å²) < 4.78 is 41.9. The monoisotopic (exact) mass is 725 g/mol. The maximum absolute atomic E-state index is 13.8. The second-order valence-corrected chi connectivity index (χ2v) is 14.6. The molecule has 2 aromatic carbocycles. The van der Waals surface area contributed by atoms with Gasteiger partial charge in [-0.1, -0.05) is 54.1 Å². The van der Waals surface area contributed by atoms with Gasteiger partial charge in [0.2, 0.25) is 12.3 Å². The molecule has 4 heterocycles. The molecule has 14 heteroatoms. The van der Waals surface area contributed by atoms with Crippen LogP contribution >= 0.6 is 11.6 Å². The predicted octanol–water partition coefficient (Wildman–Crippen LogP) is 5.94. The van der Waals surface area contributed by atoms with Gasteiger partial charge in [-0.15, -0.1) is 0 Å². The van der Waals surface area contributed by atoms with E-state index in [-0.39, 0.29) is 61.0 Å². The summed E-state index contributed by atoms with van der Waals surface area (Å²) in [5, 5.41) is 12.0. The molecule has 2 aliphatic rings. The Hall–Kier alpha value is -4.33. The van der Waals surface area contributed by atoms with E-state index < -0.39 is 35.5 Å². The van der Waals surface area contributed by atoms with E-state index in [1.807, 2.05) is 45.0 Å². The van der Waals surface area contributed by atoms with Crippen molar-refractivity contribution >= 4 is 34.6 Å². The van der Waals surface area contributed by atoms with E-state index in [1.54, 1.807) is 39.8 Å². The number of hydrogen-bond donors (Lipinski definition) is 1. The van der Waals surface area contributed by atoms with Gasteiger partial charge in [0.15, 0.2) is 5.65 Å². The lowest BCUT2D eigenvalue weighted by Gasteiger charge is -2.38. The standard InChI is InChI=1S/C37H42ClF2N5O6/c1-36(2,3)51-35(48)44-17-18-50-21-29(44)25-9-11-26(12-10-25)45-30(38)19-28-33(45)41-23-43(34(28)47)22-37(49)13-15-42(16-14-37)31(46)20-27(32(39)40)24-7-5-4-6-8-24/h4-12,19,23,27,29,32,49H,13-18,20-22H2,1-3H3/t27-,29-/m1/s1. The van der Waals surface area contributed by atoms with Crippen LogP contribution in [-0.4, -0.2) is 91.5 Å². The van der Waals surface area contributed by atoms with Crippen molar-refractivity contribution in [1.82, 2.24) is 23.9 Å². The molecule has 6 rings (SSSR count). The number of ether oxygens (including phenoxy) is 2. The summed E-state index contributed by atoms with van der Waals surface area (Å²) in [7, 11) is 0. The minimum Gasteiger partial charge on any atom is -0.444 e. The van der Waals surface area contributed by atoms with E-state index in [1.165, 1.54) is 21.9 Å². The van der Waals surface area contributed by atoms with Crippen LogP contribution in [0.4, 0.5) is 13.6 Å². The highest BCUT2D eigenvalue weighted by atomic mass is 35.5. The number of benzene rings is 2. The predicted molar refractivity (Wildman–Crippen MR) is 187 cm³/mol. The van der Waals surface area contributed by atoms with Crippen LogP contribution in [0.3, 0.4) is 0 Å². The normalized spacial score (nSPS) is 18.6. The van der Waals surface area contributed by atoms with Crippen LogP contribution in [0.25, 0.3) is 16.7 Å². The molecule has 11 nitrogen and oxygen atoms in total. The summed E-state index contributed by atoms with van der Waals surface area (Å²) in [5.41, 5.74) is -0.0904. The van der Waals surface area contributed by atoms with E-state index in [0.717, 1.165) is 5.56 Å². The molecular formula is C37H42ClF2N5O6. The summed E-state index contributed by atoms with van der Waals surface area (Å²) in [4.78, 5) is 47.3. The molecule has 2 fully saturated rings. The highest BCUT2D eigenvalue weighted by Gasteiger charge is 2.37. The second-order valence-electron chi connectivity index (χ2n) is 14.2. The Bertz CT molecular complexity index is 1920. The zero-order valence-corrected chi connectivity index (χ0v) is 29.6. The number of carbonyl (C=O) groups excluding carboxylic acids is 2. The molecule has 2 saturated heterocycles. The Kier molecular flexibility index (Phi) is 10.5.